The first-order valence-corrected chi connectivity index (χ1v) is 6.35. The molecule has 2 aromatic heterocycles. The predicted octanol–water partition coefficient (Wildman–Crippen LogP) is 3.33. The number of aromatic nitrogens is 2. The first kappa shape index (κ1) is 14.5. The summed E-state index contributed by atoms with van der Waals surface area (Å²) in [6.45, 7) is 0.401. The molecular weight excluding hydrogens is 303 g/mol. The van der Waals surface area contributed by atoms with Crippen molar-refractivity contribution in [1.82, 2.24) is 9.97 Å². The van der Waals surface area contributed by atoms with Crippen molar-refractivity contribution >= 4 is 34.7 Å². The summed E-state index contributed by atoms with van der Waals surface area (Å²) in [6, 6.07) is 4.84. The van der Waals surface area contributed by atoms with Crippen molar-refractivity contribution in [2.75, 3.05) is 11.9 Å². The lowest BCUT2D eigenvalue weighted by molar-refractivity contribution is -0.384. The van der Waals surface area contributed by atoms with Crippen molar-refractivity contribution in [2.45, 2.75) is 6.54 Å². The van der Waals surface area contributed by atoms with Crippen LogP contribution in [0.2, 0.25) is 10.2 Å². The quantitative estimate of drug-likeness (QED) is 0.492. The Morgan fingerprint density at radius 2 is 2.05 bits per heavy atom. The second-order valence-corrected chi connectivity index (χ2v) is 4.86. The van der Waals surface area contributed by atoms with Crippen LogP contribution in [0.1, 0.15) is 5.56 Å². The monoisotopic (exact) mass is 312 g/mol. The smallest absolute Gasteiger partial charge is 0.329 e. The summed E-state index contributed by atoms with van der Waals surface area (Å²) in [6.07, 6.45) is 3.04. The predicted molar refractivity (Wildman–Crippen MR) is 77.3 cm³/mol. The molecule has 0 amide bonds. The van der Waals surface area contributed by atoms with Crippen LogP contribution in [-0.4, -0.2) is 21.9 Å². The van der Waals surface area contributed by atoms with Gasteiger partial charge < -0.3 is 4.90 Å². The summed E-state index contributed by atoms with van der Waals surface area (Å²) < 4.78 is 0. The molecule has 0 bridgehead atoms. The average molecular weight is 313 g/mol. The van der Waals surface area contributed by atoms with Crippen molar-refractivity contribution in [3.05, 3.63) is 56.4 Å². The van der Waals surface area contributed by atoms with Gasteiger partial charge in [0.15, 0.2) is 0 Å². The Labute approximate surface area is 125 Å². The molecule has 2 aromatic rings. The van der Waals surface area contributed by atoms with Gasteiger partial charge in [0.05, 0.1) is 4.92 Å². The molecule has 104 valence electrons. The number of nitro groups is 1. The molecule has 0 spiro atoms. The summed E-state index contributed by atoms with van der Waals surface area (Å²) in [5, 5.41) is 11.5. The number of hydrogen-bond donors (Lipinski definition) is 0. The molecule has 0 N–H and O–H groups in total. The normalized spacial score (nSPS) is 10.3. The lowest BCUT2D eigenvalue weighted by Crippen LogP contribution is -2.19. The van der Waals surface area contributed by atoms with Crippen LogP contribution in [0.3, 0.4) is 0 Å². The van der Waals surface area contributed by atoms with Gasteiger partial charge in [-0.15, -0.1) is 0 Å². The molecule has 2 heterocycles. The van der Waals surface area contributed by atoms with Crippen molar-refractivity contribution in [1.29, 1.82) is 0 Å². The van der Waals surface area contributed by atoms with E-state index in [0.717, 1.165) is 5.56 Å². The molecule has 0 aliphatic carbocycles. The lowest BCUT2D eigenvalue weighted by Gasteiger charge is -2.18. The van der Waals surface area contributed by atoms with Gasteiger partial charge >= 0.3 is 5.69 Å². The highest BCUT2D eigenvalue weighted by molar-refractivity contribution is 6.33. The van der Waals surface area contributed by atoms with E-state index in [-0.39, 0.29) is 16.5 Å². The van der Waals surface area contributed by atoms with E-state index < -0.39 is 4.92 Å². The van der Waals surface area contributed by atoms with Gasteiger partial charge in [0.1, 0.15) is 10.2 Å². The summed E-state index contributed by atoms with van der Waals surface area (Å²) >= 11 is 11.6. The Balaban J connectivity index is 2.29. The van der Waals surface area contributed by atoms with Gasteiger partial charge in [0.2, 0.25) is 5.82 Å². The Kier molecular flexibility index (Phi) is 4.36. The minimum Gasteiger partial charge on any atom is -0.350 e. The fraction of sp³-hybridized carbons (Fsp3) is 0.167. The molecular formula is C12H10Cl2N4O2. The molecule has 8 heteroatoms. The first-order valence-electron chi connectivity index (χ1n) is 5.59. The zero-order valence-electron chi connectivity index (χ0n) is 10.5. The molecule has 0 fully saturated rings. The van der Waals surface area contributed by atoms with Crippen LogP contribution in [0.15, 0.2) is 30.6 Å². The Morgan fingerprint density at radius 3 is 2.65 bits per heavy atom. The summed E-state index contributed by atoms with van der Waals surface area (Å²) in [5.41, 5.74) is 0.645. The molecule has 0 saturated heterocycles. The van der Waals surface area contributed by atoms with Gasteiger partial charge in [-0.2, -0.15) is 0 Å². The van der Waals surface area contributed by atoms with E-state index in [1.165, 1.54) is 12.3 Å². The Hall–Kier alpha value is -1.92. The van der Waals surface area contributed by atoms with E-state index in [0.29, 0.717) is 11.7 Å². The zero-order valence-corrected chi connectivity index (χ0v) is 12.0. The summed E-state index contributed by atoms with van der Waals surface area (Å²) in [7, 11) is 1.69. The second-order valence-electron chi connectivity index (χ2n) is 4.07. The second kappa shape index (κ2) is 6.02. The number of anilines is 1. The van der Waals surface area contributed by atoms with Crippen molar-refractivity contribution < 1.29 is 4.92 Å². The Morgan fingerprint density at radius 1 is 1.30 bits per heavy atom. The van der Waals surface area contributed by atoms with Crippen molar-refractivity contribution in [2.24, 2.45) is 0 Å². The van der Waals surface area contributed by atoms with Crippen LogP contribution in [0.25, 0.3) is 0 Å². The molecule has 0 radical (unpaired) electrons. The number of halogens is 2. The fourth-order valence-corrected chi connectivity index (χ4v) is 2.04. The lowest BCUT2D eigenvalue weighted by atomic mass is 10.2. The van der Waals surface area contributed by atoms with E-state index in [2.05, 4.69) is 9.97 Å². The highest BCUT2D eigenvalue weighted by Crippen LogP contribution is 2.32. The fourth-order valence-electron chi connectivity index (χ4n) is 1.72. The van der Waals surface area contributed by atoms with Gasteiger partial charge in [0, 0.05) is 26.0 Å². The standard InChI is InChI=1S/C12H10Cl2N4O2/c1-17(7-8-2-3-10(14)16-6-8)12-11(18(19)20)9(13)4-5-15-12/h2-6H,7H2,1H3. The van der Waals surface area contributed by atoms with Gasteiger partial charge in [-0.1, -0.05) is 29.3 Å². The van der Waals surface area contributed by atoms with Crippen molar-refractivity contribution in [3.63, 3.8) is 0 Å². The molecule has 20 heavy (non-hydrogen) atoms. The number of rotatable bonds is 4. The third kappa shape index (κ3) is 3.15. The largest absolute Gasteiger partial charge is 0.350 e. The van der Waals surface area contributed by atoms with Crippen LogP contribution >= 0.6 is 23.2 Å². The minimum atomic E-state index is -0.540. The highest BCUT2D eigenvalue weighted by atomic mass is 35.5. The Bertz CT molecular complexity index is 634. The zero-order chi connectivity index (χ0) is 14.7. The molecule has 0 atom stereocenters. The maximum atomic E-state index is 11.1. The average Bonchev–Trinajstić information content (AvgIpc) is 2.40. The maximum Gasteiger partial charge on any atom is 0.329 e. The summed E-state index contributed by atoms with van der Waals surface area (Å²) in [4.78, 5) is 20.1. The summed E-state index contributed by atoms with van der Waals surface area (Å²) in [5.74, 6) is 0.206. The van der Waals surface area contributed by atoms with E-state index >= 15 is 0 Å². The SMILES string of the molecule is CN(Cc1ccc(Cl)nc1)c1nccc(Cl)c1[N+](=O)[O-]. The number of hydrogen-bond acceptors (Lipinski definition) is 5. The van der Waals surface area contributed by atoms with Crippen LogP contribution in [0.5, 0.6) is 0 Å². The molecule has 0 aromatic carbocycles. The van der Waals surface area contributed by atoms with Gasteiger partial charge in [-0.3, -0.25) is 10.1 Å². The van der Waals surface area contributed by atoms with Gasteiger partial charge in [-0.05, 0) is 17.7 Å². The molecule has 2 rings (SSSR count). The van der Waals surface area contributed by atoms with E-state index in [1.807, 2.05) is 0 Å². The minimum absolute atomic E-state index is 0.0566. The van der Waals surface area contributed by atoms with Crippen LogP contribution in [0, 0.1) is 10.1 Å². The van der Waals surface area contributed by atoms with Crippen LogP contribution in [0.4, 0.5) is 11.5 Å². The van der Waals surface area contributed by atoms with Crippen LogP contribution in [-0.2, 0) is 6.54 Å². The number of pyridine rings is 2. The topological polar surface area (TPSA) is 72.2 Å². The number of nitrogens with zero attached hydrogens (tertiary/aromatic N) is 4. The van der Waals surface area contributed by atoms with E-state index in [1.54, 1.807) is 30.3 Å². The third-order valence-electron chi connectivity index (χ3n) is 2.61. The van der Waals surface area contributed by atoms with Crippen LogP contribution < -0.4 is 4.90 Å². The molecule has 0 aliphatic heterocycles. The third-order valence-corrected chi connectivity index (χ3v) is 3.14. The molecule has 6 nitrogen and oxygen atoms in total. The van der Waals surface area contributed by atoms with Crippen molar-refractivity contribution in [3.8, 4) is 0 Å². The maximum absolute atomic E-state index is 11.1. The van der Waals surface area contributed by atoms with E-state index in [9.17, 15) is 10.1 Å². The van der Waals surface area contributed by atoms with E-state index in [4.69, 9.17) is 23.2 Å². The first-order chi connectivity index (χ1) is 9.49. The van der Waals surface area contributed by atoms with Gasteiger partial charge in [-0.25, -0.2) is 9.97 Å². The highest BCUT2D eigenvalue weighted by Gasteiger charge is 2.22. The molecule has 0 saturated carbocycles. The van der Waals surface area contributed by atoms with Gasteiger partial charge in [0.25, 0.3) is 0 Å². The molecule has 0 unspecified atom stereocenters. The molecule has 0 aliphatic rings.